The Balaban J connectivity index is 0.00000243. The van der Waals surface area contributed by atoms with Gasteiger partial charge in [0.1, 0.15) is 23.4 Å². The minimum atomic E-state index is -1.21. The second-order valence-electron chi connectivity index (χ2n) is 5.61. The molecule has 0 spiro atoms. The highest BCUT2D eigenvalue weighted by atomic mass is 79.9. The highest BCUT2D eigenvalue weighted by Crippen LogP contribution is 2.29. The van der Waals surface area contributed by atoms with E-state index >= 15 is 0 Å². The fraction of sp³-hybridized carbons (Fsp3) is 0.312. The number of ether oxygens (including phenoxy) is 1. The molecule has 1 fully saturated rings. The van der Waals surface area contributed by atoms with Crippen LogP contribution in [0.5, 0.6) is 5.75 Å². The summed E-state index contributed by atoms with van der Waals surface area (Å²) in [7, 11) is 1.90. The largest absolute Gasteiger partial charge is 0.507 e. The van der Waals surface area contributed by atoms with Crippen molar-refractivity contribution >= 4 is 51.8 Å². The molecule has 2 aromatic rings. The van der Waals surface area contributed by atoms with Crippen molar-refractivity contribution in [3.8, 4) is 5.75 Å². The Morgan fingerprint density at radius 2 is 2.23 bits per heavy atom. The lowest BCUT2D eigenvalue weighted by atomic mass is 10.2. The lowest BCUT2D eigenvalue weighted by Crippen LogP contribution is -2.31. The maximum Gasteiger partial charge on any atom is 0.339 e. The normalized spacial score (nSPS) is 16.0. The Morgan fingerprint density at radius 3 is 2.88 bits per heavy atom. The van der Waals surface area contributed by atoms with E-state index in [1.807, 2.05) is 11.9 Å². The van der Waals surface area contributed by atoms with Gasteiger partial charge < -0.3 is 25.2 Å². The molecular weight excluding hydrogens is 428 g/mol. The first kappa shape index (κ1) is 20.2. The summed E-state index contributed by atoms with van der Waals surface area (Å²) in [6.45, 7) is 0.730. The molecule has 26 heavy (non-hydrogen) atoms. The maximum absolute atomic E-state index is 11.1. The number of carbonyl (C=O) groups is 1. The van der Waals surface area contributed by atoms with E-state index in [0.717, 1.165) is 23.9 Å². The number of aromatic hydroxyl groups is 1. The molecule has 1 atom stereocenters. The smallest absolute Gasteiger partial charge is 0.339 e. The minimum Gasteiger partial charge on any atom is -0.507 e. The van der Waals surface area contributed by atoms with Gasteiger partial charge >= 0.3 is 5.97 Å². The zero-order valence-corrected chi connectivity index (χ0v) is 16.2. The highest BCUT2D eigenvalue weighted by Gasteiger charge is 2.23. The molecule has 1 unspecified atom stereocenters. The molecule has 1 aromatic heterocycles. The molecule has 140 valence electrons. The summed E-state index contributed by atoms with van der Waals surface area (Å²) >= 11 is 3.44. The first-order valence-electron chi connectivity index (χ1n) is 7.66. The second-order valence-corrected chi connectivity index (χ2v) is 6.46. The third-order valence-corrected chi connectivity index (χ3v) is 4.44. The van der Waals surface area contributed by atoms with Crippen LogP contribution in [0, 0.1) is 0 Å². The number of benzene rings is 1. The van der Waals surface area contributed by atoms with Crippen molar-refractivity contribution in [1.82, 2.24) is 9.97 Å². The Morgan fingerprint density at radius 1 is 1.46 bits per heavy atom. The number of phenols is 1. The van der Waals surface area contributed by atoms with Crippen LogP contribution in [0.3, 0.4) is 0 Å². The van der Waals surface area contributed by atoms with Crippen LogP contribution in [0.1, 0.15) is 23.2 Å². The zero-order chi connectivity index (χ0) is 18.0. The maximum atomic E-state index is 11.1. The van der Waals surface area contributed by atoms with Gasteiger partial charge in [-0.1, -0.05) is 0 Å². The molecule has 1 aromatic carbocycles. The van der Waals surface area contributed by atoms with Crippen LogP contribution in [0.4, 0.5) is 17.5 Å². The van der Waals surface area contributed by atoms with E-state index in [2.05, 4.69) is 31.2 Å². The SMILES string of the molecule is CN(c1nc(Nc2ccc(O)c(C(=O)O)c2)ncc1Br)C1CCCO1.Cl. The Kier molecular flexibility index (Phi) is 6.63. The second kappa shape index (κ2) is 8.52. The standard InChI is InChI=1S/C16H17BrN4O4.ClH/c1-21(13-3-2-6-25-13)14-11(17)8-18-16(20-14)19-9-4-5-12(22)10(7-9)15(23)24;/h4-5,7-8,13,22H,2-3,6H2,1H3,(H,23,24)(H,18,19,20);1H. The molecule has 1 aliphatic heterocycles. The van der Waals surface area contributed by atoms with E-state index in [0.29, 0.717) is 17.5 Å². The van der Waals surface area contributed by atoms with Crippen molar-refractivity contribution in [1.29, 1.82) is 0 Å². The van der Waals surface area contributed by atoms with Gasteiger partial charge in [-0.15, -0.1) is 12.4 Å². The number of nitrogens with zero attached hydrogens (tertiary/aromatic N) is 3. The Hall–Kier alpha value is -2.10. The average molecular weight is 446 g/mol. The van der Waals surface area contributed by atoms with Gasteiger partial charge in [0.25, 0.3) is 0 Å². The van der Waals surface area contributed by atoms with Crippen LogP contribution in [-0.4, -0.2) is 46.0 Å². The molecule has 0 bridgehead atoms. The van der Waals surface area contributed by atoms with Gasteiger partial charge in [0, 0.05) is 25.5 Å². The van der Waals surface area contributed by atoms with Gasteiger partial charge in [0.05, 0.1) is 4.47 Å². The molecule has 2 heterocycles. The van der Waals surface area contributed by atoms with Crippen molar-refractivity contribution in [2.45, 2.75) is 19.1 Å². The molecule has 0 radical (unpaired) electrons. The minimum absolute atomic E-state index is 0. The van der Waals surface area contributed by atoms with Crippen molar-refractivity contribution in [3.63, 3.8) is 0 Å². The quantitative estimate of drug-likeness (QED) is 0.601. The van der Waals surface area contributed by atoms with E-state index in [4.69, 9.17) is 9.84 Å². The van der Waals surface area contributed by atoms with Crippen LogP contribution >= 0.6 is 28.3 Å². The number of nitrogens with one attached hydrogen (secondary N) is 1. The number of halogens is 2. The Labute approximate surface area is 164 Å². The predicted octanol–water partition coefficient (Wildman–Crippen LogP) is 3.38. The number of carboxylic acid groups (broad SMARTS) is 1. The van der Waals surface area contributed by atoms with Crippen molar-refractivity contribution in [2.24, 2.45) is 0 Å². The number of hydrogen-bond donors (Lipinski definition) is 3. The number of hydrogen-bond acceptors (Lipinski definition) is 7. The van der Waals surface area contributed by atoms with Gasteiger partial charge in [0.2, 0.25) is 5.95 Å². The molecule has 0 aliphatic carbocycles. The lowest BCUT2D eigenvalue weighted by Gasteiger charge is -2.25. The summed E-state index contributed by atoms with van der Waals surface area (Å²) in [5, 5.41) is 21.6. The summed E-state index contributed by atoms with van der Waals surface area (Å²) in [4.78, 5) is 21.7. The summed E-state index contributed by atoms with van der Waals surface area (Å²) in [5.74, 6) is -0.531. The molecule has 1 aliphatic rings. The molecule has 0 saturated carbocycles. The van der Waals surface area contributed by atoms with Crippen molar-refractivity contribution < 1.29 is 19.7 Å². The van der Waals surface area contributed by atoms with Crippen LogP contribution < -0.4 is 10.2 Å². The van der Waals surface area contributed by atoms with E-state index in [1.54, 1.807) is 12.3 Å². The van der Waals surface area contributed by atoms with Gasteiger partial charge in [-0.05, 0) is 47.0 Å². The molecule has 3 rings (SSSR count). The molecule has 3 N–H and O–H groups in total. The molecule has 1 saturated heterocycles. The molecular formula is C16H18BrClN4O4. The van der Waals surface area contributed by atoms with Gasteiger partial charge in [0.15, 0.2) is 0 Å². The highest BCUT2D eigenvalue weighted by molar-refractivity contribution is 9.10. The van der Waals surface area contributed by atoms with E-state index in [-0.39, 0.29) is 29.9 Å². The number of anilines is 3. The third-order valence-electron chi connectivity index (χ3n) is 3.88. The predicted molar refractivity (Wildman–Crippen MR) is 103 cm³/mol. The molecule has 0 amide bonds. The average Bonchev–Trinajstić information content (AvgIpc) is 3.12. The third kappa shape index (κ3) is 4.35. The van der Waals surface area contributed by atoms with Gasteiger partial charge in [-0.25, -0.2) is 9.78 Å². The first-order valence-corrected chi connectivity index (χ1v) is 8.45. The zero-order valence-electron chi connectivity index (χ0n) is 13.8. The van der Waals surface area contributed by atoms with Crippen LogP contribution in [0.25, 0.3) is 0 Å². The van der Waals surface area contributed by atoms with E-state index < -0.39 is 5.97 Å². The summed E-state index contributed by atoms with van der Waals surface area (Å²) in [5.41, 5.74) is 0.266. The summed E-state index contributed by atoms with van der Waals surface area (Å²) < 4.78 is 6.40. The fourth-order valence-corrected chi connectivity index (χ4v) is 3.05. The van der Waals surface area contributed by atoms with Crippen LogP contribution in [0.15, 0.2) is 28.9 Å². The van der Waals surface area contributed by atoms with E-state index in [1.165, 1.54) is 12.1 Å². The van der Waals surface area contributed by atoms with Crippen molar-refractivity contribution in [2.75, 3.05) is 23.9 Å². The monoisotopic (exact) mass is 444 g/mol. The number of carboxylic acids is 1. The van der Waals surface area contributed by atoms with Crippen molar-refractivity contribution in [3.05, 3.63) is 34.4 Å². The molecule has 8 nitrogen and oxygen atoms in total. The fourth-order valence-electron chi connectivity index (χ4n) is 2.58. The van der Waals surface area contributed by atoms with E-state index in [9.17, 15) is 9.90 Å². The topological polar surface area (TPSA) is 108 Å². The van der Waals surface area contributed by atoms with Gasteiger partial charge in [-0.3, -0.25) is 0 Å². The summed E-state index contributed by atoms with van der Waals surface area (Å²) in [6, 6.07) is 4.19. The number of aromatic carboxylic acids is 1. The lowest BCUT2D eigenvalue weighted by molar-refractivity contribution is 0.0693. The Bertz CT molecular complexity index is 802. The summed E-state index contributed by atoms with van der Waals surface area (Å²) in [6.07, 6.45) is 3.52. The molecule has 10 heteroatoms. The first-order chi connectivity index (χ1) is 12.0. The van der Waals surface area contributed by atoms with Gasteiger partial charge in [-0.2, -0.15) is 4.98 Å². The van der Waals surface area contributed by atoms with Crippen LogP contribution in [-0.2, 0) is 4.74 Å². The number of aromatic nitrogens is 2. The number of rotatable bonds is 5. The van der Waals surface area contributed by atoms with Crippen LogP contribution in [0.2, 0.25) is 0 Å².